The van der Waals surface area contributed by atoms with Crippen molar-refractivity contribution in [1.29, 1.82) is 0 Å². The second-order valence-corrected chi connectivity index (χ2v) is 6.07. The van der Waals surface area contributed by atoms with Crippen molar-refractivity contribution in [2.45, 2.75) is 25.0 Å². The maximum Gasteiger partial charge on any atom is 0.235 e. The van der Waals surface area contributed by atoms with Crippen molar-refractivity contribution in [3.63, 3.8) is 0 Å². The Morgan fingerprint density at radius 3 is 2.41 bits per heavy atom. The molecule has 17 heavy (non-hydrogen) atoms. The van der Waals surface area contributed by atoms with E-state index in [1.165, 1.54) is 0 Å². The third-order valence-corrected chi connectivity index (χ3v) is 4.55. The number of nitrogens with one attached hydrogen (secondary N) is 1. The van der Waals surface area contributed by atoms with Crippen LogP contribution in [0.25, 0.3) is 0 Å². The Morgan fingerprint density at radius 1 is 1.35 bits per heavy atom. The second kappa shape index (κ2) is 4.37. The first kappa shape index (κ1) is 11.9. The molecule has 0 aliphatic heterocycles. The quantitative estimate of drug-likeness (QED) is 0.488. The highest BCUT2D eigenvalue weighted by Gasteiger charge is 2.35. The maximum atomic E-state index is 11.7. The number of hydrogen-bond donors (Lipinski definition) is 2. The fourth-order valence-electron chi connectivity index (χ4n) is 1.46. The van der Waals surface area contributed by atoms with Gasteiger partial charge in [0.2, 0.25) is 10.0 Å². The first-order valence-electron chi connectivity index (χ1n) is 5.33. The van der Waals surface area contributed by atoms with Crippen LogP contribution in [0.2, 0.25) is 0 Å². The zero-order valence-electron chi connectivity index (χ0n) is 9.42. The van der Waals surface area contributed by atoms with Crippen LogP contribution >= 0.6 is 0 Å². The van der Waals surface area contributed by atoms with Crippen molar-refractivity contribution in [2.75, 3.05) is 4.72 Å². The number of oxime groups is 1. The van der Waals surface area contributed by atoms with Crippen LogP contribution in [0.4, 0.5) is 5.69 Å². The van der Waals surface area contributed by atoms with E-state index >= 15 is 0 Å². The molecule has 1 aliphatic rings. The molecule has 6 heteroatoms. The lowest BCUT2D eigenvalue weighted by Gasteiger charge is -2.07. The molecule has 1 aromatic rings. The molecule has 0 atom stereocenters. The van der Waals surface area contributed by atoms with Crippen LogP contribution < -0.4 is 4.72 Å². The fourth-order valence-corrected chi connectivity index (χ4v) is 2.85. The van der Waals surface area contributed by atoms with Crippen LogP contribution in [0.15, 0.2) is 29.4 Å². The molecule has 1 fully saturated rings. The lowest BCUT2D eigenvalue weighted by molar-refractivity contribution is 0.319. The Balaban J connectivity index is 2.13. The Hall–Kier alpha value is -1.56. The topological polar surface area (TPSA) is 78.8 Å². The Kier molecular flexibility index (Phi) is 3.06. The molecule has 0 radical (unpaired) electrons. The van der Waals surface area contributed by atoms with Gasteiger partial charge in [0, 0.05) is 5.69 Å². The number of rotatable bonds is 4. The van der Waals surface area contributed by atoms with E-state index in [0.29, 0.717) is 11.4 Å². The van der Waals surface area contributed by atoms with Crippen molar-refractivity contribution >= 4 is 21.4 Å². The molecule has 0 aromatic heterocycles. The van der Waals surface area contributed by atoms with Crippen molar-refractivity contribution in [3.8, 4) is 0 Å². The maximum absolute atomic E-state index is 11.7. The van der Waals surface area contributed by atoms with E-state index in [2.05, 4.69) is 9.88 Å². The minimum absolute atomic E-state index is 0.233. The number of anilines is 1. The average Bonchev–Trinajstić information content (AvgIpc) is 3.12. The van der Waals surface area contributed by atoms with Gasteiger partial charge in [-0.15, -0.1) is 0 Å². The zero-order chi connectivity index (χ0) is 12.5. The van der Waals surface area contributed by atoms with E-state index in [1.807, 2.05) is 0 Å². The zero-order valence-corrected chi connectivity index (χ0v) is 10.2. The molecular formula is C11H14N2O3S. The number of nitrogens with zero attached hydrogens (tertiary/aromatic N) is 1. The van der Waals surface area contributed by atoms with Gasteiger partial charge in [0.15, 0.2) is 0 Å². The summed E-state index contributed by atoms with van der Waals surface area (Å²) >= 11 is 0. The molecule has 92 valence electrons. The van der Waals surface area contributed by atoms with Gasteiger partial charge in [-0.25, -0.2) is 8.42 Å². The fraction of sp³-hybridized carbons (Fsp3) is 0.364. The van der Waals surface area contributed by atoms with Crippen LogP contribution in [-0.4, -0.2) is 24.6 Å². The molecule has 1 saturated carbocycles. The van der Waals surface area contributed by atoms with Crippen molar-refractivity contribution in [3.05, 3.63) is 29.8 Å². The van der Waals surface area contributed by atoms with E-state index in [9.17, 15) is 8.42 Å². The molecule has 0 bridgehead atoms. The molecule has 2 rings (SSSR count). The van der Waals surface area contributed by atoms with E-state index in [0.717, 1.165) is 18.4 Å². The smallest absolute Gasteiger partial charge is 0.235 e. The summed E-state index contributed by atoms with van der Waals surface area (Å²) in [4.78, 5) is 0. The van der Waals surface area contributed by atoms with Gasteiger partial charge in [-0.2, -0.15) is 0 Å². The molecular weight excluding hydrogens is 240 g/mol. The molecule has 0 saturated heterocycles. The summed E-state index contributed by atoms with van der Waals surface area (Å²) in [6.45, 7) is 1.67. The van der Waals surface area contributed by atoms with E-state index in [1.54, 1.807) is 31.2 Å². The number of sulfonamides is 1. The molecule has 1 aromatic carbocycles. The summed E-state index contributed by atoms with van der Waals surface area (Å²) in [5, 5.41) is 11.4. The van der Waals surface area contributed by atoms with Crippen molar-refractivity contribution in [2.24, 2.45) is 5.16 Å². The molecule has 0 unspecified atom stereocenters. The minimum Gasteiger partial charge on any atom is -0.411 e. The standard InChI is InChI=1S/C11H14N2O3S/c1-8(12-14)9-2-4-10(5-3-9)13-17(15,16)11-6-7-11/h2-5,11,13-14H,6-7H2,1H3. The summed E-state index contributed by atoms with van der Waals surface area (Å²) in [5.74, 6) is 0. The molecule has 0 amide bonds. The van der Waals surface area contributed by atoms with Crippen molar-refractivity contribution < 1.29 is 13.6 Å². The van der Waals surface area contributed by atoms with Gasteiger partial charge in [-0.05, 0) is 37.5 Å². The normalized spacial score (nSPS) is 16.9. The van der Waals surface area contributed by atoms with Crippen LogP contribution in [0, 0.1) is 0 Å². The van der Waals surface area contributed by atoms with Gasteiger partial charge >= 0.3 is 0 Å². The predicted molar refractivity (Wildman–Crippen MR) is 66.0 cm³/mol. The summed E-state index contributed by atoms with van der Waals surface area (Å²) in [6, 6.07) is 6.73. The SMILES string of the molecule is CC(=NO)c1ccc(NS(=O)(=O)C2CC2)cc1. The van der Waals surface area contributed by atoms with E-state index < -0.39 is 10.0 Å². The summed E-state index contributed by atoms with van der Waals surface area (Å²) in [7, 11) is -3.21. The Morgan fingerprint density at radius 2 is 1.94 bits per heavy atom. The monoisotopic (exact) mass is 254 g/mol. The van der Waals surface area contributed by atoms with Gasteiger partial charge in [0.25, 0.3) is 0 Å². The lowest BCUT2D eigenvalue weighted by Crippen LogP contribution is -2.17. The highest BCUT2D eigenvalue weighted by Crippen LogP contribution is 2.29. The van der Waals surface area contributed by atoms with Crippen molar-refractivity contribution in [1.82, 2.24) is 0 Å². The van der Waals surface area contributed by atoms with Crippen LogP contribution in [0.5, 0.6) is 0 Å². The van der Waals surface area contributed by atoms with Crippen LogP contribution in [0.3, 0.4) is 0 Å². The second-order valence-electron chi connectivity index (χ2n) is 4.11. The van der Waals surface area contributed by atoms with Gasteiger partial charge in [-0.1, -0.05) is 17.3 Å². The minimum atomic E-state index is -3.21. The molecule has 0 heterocycles. The molecule has 2 N–H and O–H groups in total. The first-order chi connectivity index (χ1) is 8.03. The lowest BCUT2D eigenvalue weighted by atomic mass is 10.1. The molecule has 0 spiro atoms. The van der Waals surface area contributed by atoms with Gasteiger partial charge in [0.1, 0.15) is 0 Å². The number of benzene rings is 1. The Labute approximate surface area is 100 Å². The third-order valence-electron chi connectivity index (χ3n) is 2.68. The largest absolute Gasteiger partial charge is 0.411 e. The van der Waals surface area contributed by atoms with Crippen LogP contribution in [-0.2, 0) is 10.0 Å². The predicted octanol–water partition coefficient (Wildman–Crippen LogP) is 1.79. The average molecular weight is 254 g/mol. The molecule has 1 aliphatic carbocycles. The van der Waals surface area contributed by atoms with E-state index in [4.69, 9.17) is 5.21 Å². The highest BCUT2D eigenvalue weighted by atomic mass is 32.2. The summed E-state index contributed by atoms with van der Waals surface area (Å²) in [6.07, 6.45) is 1.48. The first-order valence-corrected chi connectivity index (χ1v) is 6.88. The Bertz CT molecular complexity index is 530. The van der Waals surface area contributed by atoms with Crippen LogP contribution in [0.1, 0.15) is 25.3 Å². The highest BCUT2D eigenvalue weighted by molar-refractivity contribution is 7.93. The van der Waals surface area contributed by atoms with Gasteiger partial charge < -0.3 is 5.21 Å². The summed E-state index contributed by atoms with van der Waals surface area (Å²) < 4.78 is 25.9. The third kappa shape index (κ3) is 2.76. The molecule has 5 nitrogen and oxygen atoms in total. The van der Waals surface area contributed by atoms with E-state index in [-0.39, 0.29) is 5.25 Å². The number of hydrogen-bond acceptors (Lipinski definition) is 4. The van der Waals surface area contributed by atoms with Gasteiger partial charge in [0.05, 0.1) is 11.0 Å². The van der Waals surface area contributed by atoms with Gasteiger partial charge in [-0.3, -0.25) is 4.72 Å². The summed E-state index contributed by atoms with van der Waals surface area (Å²) in [5.41, 5.74) is 1.77.